The molecule has 0 heterocycles. The van der Waals surface area contributed by atoms with Gasteiger partial charge in [0.05, 0.1) is 12.2 Å². The van der Waals surface area contributed by atoms with Gasteiger partial charge in [-0.2, -0.15) is 11.8 Å². The highest BCUT2D eigenvalue weighted by molar-refractivity contribution is 8.00. The van der Waals surface area contributed by atoms with Gasteiger partial charge >= 0.3 is 5.97 Å². The normalized spacial score (nSPS) is 21.3. The van der Waals surface area contributed by atoms with Crippen molar-refractivity contribution in [1.82, 2.24) is 0 Å². The van der Waals surface area contributed by atoms with E-state index in [1.807, 2.05) is 25.6 Å². The molecule has 1 aliphatic carbocycles. The van der Waals surface area contributed by atoms with Gasteiger partial charge in [0, 0.05) is 29.8 Å². The summed E-state index contributed by atoms with van der Waals surface area (Å²) < 4.78 is 4.96. The van der Waals surface area contributed by atoms with Crippen LogP contribution in [-0.2, 0) is 14.3 Å². The number of rotatable bonds is 17. The van der Waals surface area contributed by atoms with E-state index in [1.54, 1.807) is 0 Å². The highest BCUT2D eigenvalue weighted by Gasteiger charge is 2.41. The lowest BCUT2D eigenvalue weighted by Gasteiger charge is -2.41. The molecule has 3 unspecified atom stereocenters. The summed E-state index contributed by atoms with van der Waals surface area (Å²) >= 11 is 1.82. The van der Waals surface area contributed by atoms with Crippen molar-refractivity contribution in [2.24, 2.45) is 11.3 Å². The van der Waals surface area contributed by atoms with Crippen LogP contribution in [0.15, 0.2) is 0 Å². The Bertz CT molecular complexity index is 530. The molecule has 0 amide bonds. The average Bonchev–Trinajstić information content (AvgIpc) is 3.06. The van der Waals surface area contributed by atoms with Gasteiger partial charge in [0.1, 0.15) is 5.78 Å². The predicted octanol–water partition coefficient (Wildman–Crippen LogP) is 6.72. The molecule has 1 fully saturated rings. The Morgan fingerprint density at radius 1 is 1.06 bits per heavy atom. The molecular formula is C26H48O4S. The Balaban J connectivity index is 2.38. The van der Waals surface area contributed by atoms with Crippen molar-refractivity contribution in [3.8, 4) is 0 Å². The first-order chi connectivity index (χ1) is 14.6. The number of hydrogen-bond donors (Lipinski definition) is 1. The van der Waals surface area contributed by atoms with E-state index in [9.17, 15) is 14.7 Å². The van der Waals surface area contributed by atoms with Crippen molar-refractivity contribution in [2.75, 3.05) is 12.4 Å². The van der Waals surface area contributed by atoms with Gasteiger partial charge in [-0.15, -0.1) is 0 Å². The first kappa shape index (κ1) is 28.5. The summed E-state index contributed by atoms with van der Waals surface area (Å²) in [5.41, 5.74) is -0.849. The van der Waals surface area contributed by atoms with Crippen LogP contribution in [0.3, 0.4) is 0 Å². The molecule has 1 aliphatic rings. The molecular weight excluding hydrogens is 408 g/mol. The molecule has 3 atom stereocenters. The summed E-state index contributed by atoms with van der Waals surface area (Å²) in [6, 6.07) is 0. The van der Waals surface area contributed by atoms with E-state index < -0.39 is 5.60 Å². The van der Waals surface area contributed by atoms with Crippen LogP contribution in [0.2, 0.25) is 0 Å². The summed E-state index contributed by atoms with van der Waals surface area (Å²) in [5.74, 6) is 1.13. The third kappa shape index (κ3) is 10.3. The quantitative estimate of drug-likeness (QED) is 0.194. The molecule has 5 heteroatoms. The fraction of sp³-hybridized carbons (Fsp3) is 0.923. The molecule has 4 nitrogen and oxygen atoms in total. The van der Waals surface area contributed by atoms with Gasteiger partial charge in [0.2, 0.25) is 0 Å². The van der Waals surface area contributed by atoms with Crippen molar-refractivity contribution in [3.05, 3.63) is 0 Å². The Kier molecular flexibility index (Phi) is 13.4. The third-order valence-corrected chi connectivity index (χ3v) is 8.90. The highest BCUT2D eigenvalue weighted by atomic mass is 32.2. The Hall–Kier alpha value is -0.550. The maximum Gasteiger partial charge on any atom is 0.305 e. The zero-order chi connectivity index (χ0) is 23.3. The summed E-state index contributed by atoms with van der Waals surface area (Å²) in [5, 5.41) is 11.6. The average molecular weight is 457 g/mol. The zero-order valence-corrected chi connectivity index (χ0v) is 21.7. The molecule has 0 aromatic heterocycles. The van der Waals surface area contributed by atoms with Gasteiger partial charge in [0.15, 0.2) is 0 Å². The molecule has 0 saturated heterocycles. The van der Waals surface area contributed by atoms with Crippen LogP contribution in [0, 0.1) is 11.3 Å². The van der Waals surface area contributed by atoms with Crippen LogP contribution < -0.4 is 0 Å². The molecule has 1 rings (SSSR count). The number of hydrogen-bond acceptors (Lipinski definition) is 5. The Labute approximate surface area is 195 Å². The summed E-state index contributed by atoms with van der Waals surface area (Å²) in [6.07, 6.45) is 13.0. The third-order valence-electron chi connectivity index (χ3n) is 7.18. The number of ketones is 1. The maximum atomic E-state index is 12.5. The van der Waals surface area contributed by atoms with Crippen LogP contribution in [0.25, 0.3) is 0 Å². The second-order valence-electron chi connectivity index (χ2n) is 10.2. The molecule has 31 heavy (non-hydrogen) atoms. The standard InChI is InChI=1S/C26H48O4S/c1-6-8-9-14-19-25(3,4)26(5,29)20-31-23-18-17-22(27)21(23)15-12-10-11-13-16-24(28)30-7-2/h21,23,29H,6-20H2,1-5H3. The van der Waals surface area contributed by atoms with Gasteiger partial charge < -0.3 is 9.84 Å². The van der Waals surface area contributed by atoms with Crippen LogP contribution in [0.5, 0.6) is 0 Å². The topological polar surface area (TPSA) is 63.6 Å². The number of aliphatic hydroxyl groups is 1. The van der Waals surface area contributed by atoms with Crippen molar-refractivity contribution in [3.63, 3.8) is 0 Å². The van der Waals surface area contributed by atoms with E-state index in [2.05, 4.69) is 20.8 Å². The number of thioether (sulfide) groups is 1. The van der Waals surface area contributed by atoms with Crippen molar-refractivity contribution >= 4 is 23.5 Å². The lowest BCUT2D eigenvalue weighted by Crippen LogP contribution is -2.44. The van der Waals surface area contributed by atoms with E-state index in [-0.39, 0.29) is 17.3 Å². The Morgan fingerprint density at radius 3 is 2.42 bits per heavy atom. The number of carbonyl (C=O) groups excluding carboxylic acids is 2. The summed E-state index contributed by atoms with van der Waals surface area (Å²) in [4.78, 5) is 23.8. The van der Waals surface area contributed by atoms with Gasteiger partial charge in [-0.3, -0.25) is 9.59 Å². The number of Topliss-reactive ketones (excluding diaryl/α,β-unsaturated/α-hetero) is 1. The van der Waals surface area contributed by atoms with Gasteiger partial charge in [0.25, 0.3) is 0 Å². The van der Waals surface area contributed by atoms with E-state index in [1.165, 1.54) is 25.7 Å². The molecule has 1 N–H and O–H groups in total. The molecule has 1 saturated carbocycles. The second-order valence-corrected chi connectivity index (χ2v) is 11.4. The molecule has 0 aromatic carbocycles. The fourth-order valence-electron chi connectivity index (χ4n) is 4.37. The minimum atomic E-state index is -0.729. The lowest BCUT2D eigenvalue weighted by atomic mass is 9.73. The lowest BCUT2D eigenvalue weighted by molar-refractivity contribution is -0.143. The van der Waals surface area contributed by atoms with Crippen LogP contribution in [0.4, 0.5) is 0 Å². The van der Waals surface area contributed by atoms with Crippen molar-refractivity contribution < 1.29 is 19.4 Å². The van der Waals surface area contributed by atoms with Gasteiger partial charge in [-0.25, -0.2) is 0 Å². The molecule has 0 aliphatic heterocycles. The Morgan fingerprint density at radius 2 is 1.74 bits per heavy atom. The largest absolute Gasteiger partial charge is 0.466 e. The second kappa shape index (κ2) is 14.6. The molecule has 0 aromatic rings. The van der Waals surface area contributed by atoms with E-state index in [0.29, 0.717) is 36.2 Å². The molecule has 182 valence electrons. The highest BCUT2D eigenvalue weighted by Crippen LogP contribution is 2.42. The number of ether oxygens (including phenoxy) is 1. The molecule has 0 bridgehead atoms. The van der Waals surface area contributed by atoms with Crippen LogP contribution >= 0.6 is 11.8 Å². The van der Waals surface area contributed by atoms with Crippen molar-refractivity contribution in [2.45, 2.75) is 129 Å². The smallest absolute Gasteiger partial charge is 0.305 e. The predicted molar refractivity (Wildman–Crippen MR) is 131 cm³/mol. The fourth-order valence-corrected chi connectivity index (χ4v) is 6.11. The number of unbranched alkanes of at least 4 members (excludes halogenated alkanes) is 6. The minimum absolute atomic E-state index is 0.106. The monoisotopic (exact) mass is 456 g/mol. The van der Waals surface area contributed by atoms with Crippen molar-refractivity contribution in [1.29, 1.82) is 0 Å². The van der Waals surface area contributed by atoms with E-state index >= 15 is 0 Å². The minimum Gasteiger partial charge on any atom is -0.466 e. The van der Waals surface area contributed by atoms with Gasteiger partial charge in [-0.1, -0.05) is 65.7 Å². The first-order valence-electron chi connectivity index (χ1n) is 12.7. The zero-order valence-electron chi connectivity index (χ0n) is 20.8. The summed E-state index contributed by atoms with van der Waals surface area (Å²) in [6.45, 7) is 10.9. The number of esters is 1. The summed E-state index contributed by atoms with van der Waals surface area (Å²) in [7, 11) is 0. The van der Waals surface area contributed by atoms with E-state index in [0.717, 1.165) is 44.9 Å². The van der Waals surface area contributed by atoms with Crippen LogP contribution in [0.1, 0.15) is 118 Å². The maximum absolute atomic E-state index is 12.5. The number of carbonyl (C=O) groups is 2. The van der Waals surface area contributed by atoms with E-state index in [4.69, 9.17) is 4.74 Å². The molecule has 0 radical (unpaired) electrons. The van der Waals surface area contributed by atoms with Crippen LogP contribution in [-0.4, -0.2) is 40.1 Å². The SMILES string of the molecule is CCCCCCC(C)(C)C(C)(O)CSC1CCC(=O)C1CCCCCCC(=O)OCC. The molecule has 0 spiro atoms. The first-order valence-corrected chi connectivity index (χ1v) is 13.7. The van der Waals surface area contributed by atoms with Gasteiger partial charge in [-0.05, 0) is 44.9 Å².